The highest BCUT2D eigenvalue weighted by Gasteiger charge is 2.29. The fraction of sp³-hybridized carbons (Fsp3) is 0.824. The predicted octanol–water partition coefficient (Wildman–Crippen LogP) is 2.76. The molecule has 1 aromatic rings. The molecule has 1 aliphatic heterocycles. The molecular weight excluding hydrogens is 260 g/mol. The van der Waals surface area contributed by atoms with Gasteiger partial charge in [-0.25, -0.2) is 4.98 Å². The highest BCUT2D eigenvalue weighted by molar-refractivity contribution is 4.88. The molecule has 0 saturated carbocycles. The highest BCUT2D eigenvalue weighted by Crippen LogP contribution is 2.23. The number of hydrogen-bond donors (Lipinski definition) is 1. The molecule has 1 fully saturated rings. The van der Waals surface area contributed by atoms with E-state index in [2.05, 4.69) is 60.6 Å². The van der Waals surface area contributed by atoms with Crippen LogP contribution in [0.3, 0.4) is 0 Å². The van der Waals surface area contributed by atoms with E-state index in [4.69, 9.17) is 0 Å². The van der Waals surface area contributed by atoms with E-state index in [-0.39, 0.29) is 5.41 Å². The van der Waals surface area contributed by atoms with Crippen LogP contribution < -0.4 is 5.32 Å². The number of imidazole rings is 1. The minimum Gasteiger partial charge on any atom is -0.336 e. The average molecular weight is 292 g/mol. The van der Waals surface area contributed by atoms with Crippen LogP contribution in [-0.2, 0) is 6.54 Å². The van der Waals surface area contributed by atoms with Gasteiger partial charge >= 0.3 is 0 Å². The molecule has 1 aliphatic rings. The van der Waals surface area contributed by atoms with Crippen molar-refractivity contribution in [2.24, 2.45) is 5.41 Å². The summed E-state index contributed by atoms with van der Waals surface area (Å²) >= 11 is 0. The first-order valence-electron chi connectivity index (χ1n) is 8.32. The lowest BCUT2D eigenvalue weighted by Crippen LogP contribution is -2.52. The molecule has 0 amide bonds. The maximum atomic E-state index is 4.16. The van der Waals surface area contributed by atoms with Crippen molar-refractivity contribution in [1.29, 1.82) is 0 Å². The van der Waals surface area contributed by atoms with E-state index in [0.717, 1.165) is 6.54 Å². The molecule has 4 nitrogen and oxygen atoms in total. The molecule has 2 heterocycles. The number of likely N-dealkylation sites (tertiary alicyclic amines) is 1. The van der Waals surface area contributed by atoms with Crippen LogP contribution in [-0.4, -0.2) is 45.7 Å². The predicted molar refractivity (Wildman–Crippen MR) is 88.3 cm³/mol. The smallest absolute Gasteiger partial charge is 0.0946 e. The molecule has 1 unspecified atom stereocenters. The number of hydrogen-bond acceptors (Lipinski definition) is 3. The molecule has 1 saturated heterocycles. The molecule has 0 radical (unpaired) electrons. The van der Waals surface area contributed by atoms with Gasteiger partial charge in [-0.1, -0.05) is 20.8 Å². The van der Waals surface area contributed by atoms with Gasteiger partial charge in [0.2, 0.25) is 0 Å². The van der Waals surface area contributed by atoms with Crippen LogP contribution in [0.4, 0.5) is 0 Å². The summed E-state index contributed by atoms with van der Waals surface area (Å²) in [6.45, 7) is 15.0. The van der Waals surface area contributed by atoms with E-state index in [9.17, 15) is 0 Å². The zero-order valence-corrected chi connectivity index (χ0v) is 14.3. The molecule has 1 atom stereocenters. The van der Waals surface area contributed by atoms with Gasteiger partial charge in [0.1, 0.15) is 0 Å². The van der Waals surface area contributed by atoms with Gasteiger partial charge in [-0.15, -0.1) is 0 Å². The van der Waals surface area contributed by atoms with Gasteiger partial charge in [0.05, 0.1) is 6.33 Å². The van der Waals surface area contributed by atoms with Gasteiger partial charge in [0.15, 0.2) is 0 Å². The van der Waals surface area contributed by atoms with E-state index in [1.54, 1.807) is 0 Å². The number of nitrogens with one attached hydrogen (secondary N) is 1. The largest absolute Gasteiger partial charge is 0.336 e. The van der Waals surface area contributed by atoms with Crippen LogP contribution in [0.2, 0.25) is 0 Å². The first kappa shape index (κ1) is 16.5. The standard InChI is InChI=1S/C17H32N4/c1-14(2)21-9-6-15(7-10-21)19-16(17(3,4)5)12-20-11-8-18-13-20/h8,11,13-16,19H,6-7,9-10,12H2,1-5H3. The monoisotopic (exact) mass is 292 g/mol. The number of rotatable bonds is 5. The van der Waals surface area contributed by atoms with Crippen molar-refractivity contribution in [3.05, 3.63) is 18.7 Å². The summed E-state index contributed by atoms with van der Waals surface area (Å²) in [6.07, 6.45) is 8.35. The van der Waals surface area contributed by atoms with Crippen LogP contribution in [0, 0.1) is 5.41 Å². The summed E-state index contributed by atoms with van der Waals surface area (Å²) < 4.78 is 2.19. The van der Waals surface area contributed by atoms with Crippen LogP contribution in [0.1, 0.15) is 47.5 Å². The lowest BCUT2D eigenvalue weighted by molar-refractivity contribution is 0.136. The van der Waals surface area contributed by atoms with Gasteiger partial charge in [0, 0.05) is 37.1 Å². The first-order chi connectivity index (χ1) is 9.86. The first-order valence-corrected chi connectivity index (χ1v) is 8.32. The summed E-state index contributed by atoms with van der Waals surface area (Å²) in [5.41, 5.74) is 0.249. The molecule has 1 N–H and O–H groups in total. The van der Waals surface area contributed by atoms with E-state index < -0.39 is 0 Å². The van der Waals surface area contributed by atoms with Crippen molar-refractivity contribution in [1.82, 2.24) is 19.8 Å². The summed E-state index contributed by atoms with van der Waals surface area (Å²) in [4.78, 5) is 6.75. The summed E-state index contributed by atoms with van der Waals surface area (Å²) in [5.74, 6) is 0. The quantitative estimate of drug-likeness (QED) is 0.906. The molecule has 0 spiro atoms. The second-order valence-corrected chi connectivity index (χ2v) is 7.75. The third-order valence-corrected chi connectivity index (χ3v) is 4.69. The van der Waals surface area contributed by atoms with Crippen molar-refractivity contribution in [3.63, 3.8) is 0 Å². The Bertz CT molecular complexity index is 397. The number of nitrogens with zero attached hydrogens (tertiary/aromatic N) is 3. The molecule has 4 heteroatoms. The summed E-state index contributed by atoms with van der Waals surface area (Å²) in [6, 6.07) is 1.80. The zero-order valence-electron chi connectivity index (χ0n) is 14.3. The lowest BCUT2D eigenvalue weighted by Gasteiger charge is -2.40. The topological polar surface area (TPSA) is 33.1 Å². The normalized spacial score (nSPS) is 20.1. The van der Waals surface area contributed by atoms with Gasteiger partial charge < -0.3 is 14.8 Å². The third kappa shape index (κ3) is 4.82. The number of aromatic nitrogens is 2. The van der Waals surface area contributed by atoms with Crippen LogP contribution in [0.5, 0.6) is 0 Å². The molecule has 120 valence electrons. The maximum Gasteiger partial charge on any atom is 0.0946 e. The minimum absolute atomic E-state index is 0.249. The lowest BCUT2D eigenvalue weighted by atomic mass is 9.85. The Kier molecular flexibility index (Phi) is 5.44. The van der Waals surface area contributed by atoms with E-state index in [1.165, 1.54) is 25.9 Å². The Labute approximate surface area is 129 Å². The molecule has 0 aliphatic carbocycles. The van der Waals surface area contributed by atoms with Gasteiger partial charge in [-0.2, -0.15) is 0 Å². The third-order valence-electron chi connectivity index (χ3n) is 4.69. The Balaban J connectivity index is 1.91. The molecular formula is C17H32N4. The number of piperidine rings is 1. The Morgan fingerprint density at radius 3 is 2.38 bits per heavy atom. The van der Waals surface area contributed by atoms with E-state index in [1.807, 2.05) is 12.5 Å². The van der Waals surface area contributed by atoms with Crippen molar-refractivity contribution in [3.8, 4) is 0 Å². The Morgan fingerprint density at radius 2 is 1.90 bits per heavy atom. The maximum absolute atomic E-state index is 4.16. The van der Waals surface area contributed by atoms with Gasteiger partial charge in [-0.05, 0) is 45.2 Å². The minimum atomic E-state index is 0.249. The zero-order chi connectivity index (χ0) is 15.5. The SMILES string of the molecule is CC(C)N1CCC(NC(Cn2ccnc2)C(C)(C)C)CC1. The fourth-order valence-corrected chi connectivity index (χ4v) is 3.05. The molecule has 0 aromatic carbocycles. The molecule has 0 bridgehead atoms. The Hall–Kier alpha value is -0.870. The molecule has 21 heavy (non-hydrogen) atoms. The van der Waals surface area contributed by atoms with Gasteiger partial charge in [0.25, 0.3) is 0 Å². The van der Waals surface area contributed by atoms with Crippen molar-refractivity contribution in [2.75, 3.05) is 13.1 Å². The highest BCUT2D eigenvalue weighted by atomic mass is 15.2. The summed E-state index contributed by atoms with van der Waals surface area (Å²) in [7, 11) is 0. The van der Waals surface area contributed by atoms with Crippen LogP contribution in [0.25, 0.3) is 0 Å². The summed E-state index contributed by atoms with van der Waals surface area (Å²) in [5, 5.41) is 3.92. The van der Waals surface area contributed by atoms with Crippen LogP contribution in [0.15, 0.2) is 18.7 Å². The average Bonchev–Trinajstić information content (AvgIpc) is 2.90. The van der Waals surface area contributed by atoms with Crippen molar-refractivity contribution >= 4 is 0 Å². The molecule has 1 aromatic heterocycles. The van der Waals surface area contributed by atoms with E-state index >= 15 is 0 Å². The second kappa shape index (κ2) is 6.93. The fourth-order valence-electron chi connectivity index (χ4n) is 3.05. The van der Waals surface area contributed by atoms with Gasteiger partial charge in [-0.3, -0.25) is 0 Å². The second-order valence-electron chi connectivity index (χ2n) is 7.75. The van der Waals surface area contributed by atoms with E-state index in [0.29, 0.717) is 18.1 Å². The van der Waals surface area contributed by atoms with Crippen LogP contribution >= 0.6 is 0 Å². The Morgan fingerprint density at radius 1 is 1.24 bits per heavy atom. The van der Waals surface area contributed by atoms with Crippen molar-refractivity contribution < 1.29 is 0 Å². The molecule has 2 rings (SSSR count). The van der Waals surface area contributed by atoms with Crippen molar-refractivity contribution in [2.45, 2.75) is 72.1 Å².